The largest absolute Gasteiger partial charge is 0.494 e. The number of hydrogen-bond acceptors (Lipinski definition) is 9. The van der Waals surface area contributed by atoms with Gasteiger partial charge in [0.1, 0.15) is 37.3 Å². The maximum atomic E-state index is 14.0. The Morgan fingerprint density at radius 2 is 1.80 bits per heavy atom. The number of benzene rings is 1. The summed E-state index contributed by atoms with van der Waals surface area (Å²) in [5.41, 5.74) is -0.710. The Hall–Kier alpha value is -4.76. The lowest BCUT2D eigenvalue weighted by Gasteiger charge is -2.37. The molecule has 0 aliphatic carbocycles. The number of nitrogens with zero attached hydrogens (tertiary/aromatic N) is 6. The second-order valence-electron chi connectivity index (χ2n) is 11.9. The van der Waals surface area contributed by atoms with Crippen LogP contribution < -0.4 is 15.8 Å². The number of halogens is 3. The molecule has 248 valence electrons. The number of rotatable bonds is 6. The number of carbonyl (C=O) groups is 2. The van der Waals surface area contributed by atoms with E-state index in [1.807, 2.05) is 11.8 Å². The molecule has 1 saturated heterocycles. The molecule has 3 aromatic rings. The first-order valence-electron chi connectivity index (χ1n) is 14.8. The fourth-order valence-corrected chi connectivity index (χ4v) is 5.27. The van der Waals surface area contributed by atoms with Gasteiger partial charge in [-0.1, -0.05) is 6.92 Å². The van der Waals surface area contributed by atoms with E-state index < -0.39 is 34.9 Å². The van der Waals surface area contributed by atoms with Crippen molar-refractivity contribution in [3.8, 4) is 0 Å². The molecule has 2 aliphatic rings. The van der Waals surface area contributed by atoms with Crippen LogP contribution in [0.2, 0.25) is 0 Å². The first kappa shape index (κ1) is 32.6. The molecule has 0 unspecified atom stereocenters. The van der Waals surface area contributed by atoms with Crippen molar-refractivity contribution in [3.63, 3.8) is 0 Å². The number of piperazine rings is 1. The number of carbonyl (C=O) groups excluding carboxylic acids is 2. The molecule has 1 fully saturated rings. The van der Waals surface area contributed by atoms with Gasteiger partial charge in [0.15, 0.2) is 0 Å². The van der Waals surface area contributed by atoms with Gasteiger partial charge in [-0.3, -0.25) is 9.59 Å². The number of aryl methyl sites for hydroxylation is 1. The second kappa shape index (κ2) is 12.6. The molecule has 1 aromatic carbocycles. The molecule has 1 N–H and O–H groups in total. The summed E-state index contributed by atoms with van der Waals surface area (Å²) in [6.07, 6.45) is -3.29. The summed E-state index contributed by atoms with van der Waals surface area (Å²) in [5.74, 6) is -0.179. The maximum Gasteiger partial charge on any atom is 0.416 e. The number of alkyl halides is 3. The van der Waals surface area contributed by atoms with E-state index in [0.29, 0.717) is 50.6 Å². The molecule has 5 rings (SSSR count). The molecule has 4 heterocycles. The van der Waals surface area contributed by atoms with Crippen molar-refractivity contribution in [1.82, 2.24) is 24.1 Å². The van der Waals surface area contributed by atoms with Gasteiger partial charge in [-0.25, -0.2) is 4.79 Å². The number of anilines is 2. The molecule has 0 radical (unpaired) electrons. The van der Waals surface area contributed by atoms with Gasteiger partial charge in [-0.05, 0) is 57.9 Å². The minimum absolute atomic E-state index is 0.0716. The Labute approximate surface area is 262 Å². The van der Waals surface area contributed by atoms with Gasteiger partial charge in [-0.2, -0.15) is 22.7 Å². The van der Waals surface area contributed by atoms with Crippen LogP contribution in [0.1, 0.15) is 50.3 Å². The minimum atomic E-state index is -4.52. The second-order valence-corrected chi connectivity index (χ2v) is 11.9. The van der Waals surface area contributed by atoms with Gasteiger partial charge in [0.2, 0.25) is 23.3 Å². The van der Waals surface area contributed by atoms with Crippen LogP contribution in [-0.4, -0.2) is 81.1 Å². The fourth-order valence-electron chi connectivity index (χ4n) is 5.27. The number of amides is 2. The molecule has 16 heteroatoms. The third kappa shape index (κ3) is 6.89. The third-order valence-electron chi connectivity index (χ3n) is 7.41. The van der Waals surface area contributed by atoms with E-state index in [4.69, 9.17) is 14.2 Å². The molecule has 46 heavy (non-hydrogen) atoms. The molecule has 0 spiro atoms. The quantitative estimate of drug-likeness (QED) is 0.424. The third-order valence-corrected chi connectivity index (χ3v) is 7.41. The lowest BCUT2D eigenvalue weighted by molar-refractivity contribution is -0.137. The molecule has 2 amide bonds. The Balaban J connectivity index is 1.51. The van der Waals surface area contributed by atoms with Crippen LogP contribution in [0, 0.1) is 6.92 Å². The zero-order valence-corrected chi connectivity index (χ0v) is 26.2. The summed E-state index contributed by atoms with van der Waals surface area (Å²) in [6.45, 7) is 10.1. The first-order valence-corrected chi connectivity index (χ1v) is 14.8. The molecule has 0 atom stereocenters. The van der Waals surface area contributed by atoms with Crippen LogP contribution in [-0.2, 0) is 38.1 Å². The van der Waals surface area contributed by atoms with Gasteiger partial charge in [0.25, 0.3) is 5.56 Å². The van der Waals surface area contributed by atoms with Gasteiger partial charge in [-0.15, -0.1) is 5.10 Å². The van der Waals surface area contributed by atoms with Crippen molar-refractivity contribution in [2.24, 2.45) is 0 Å². The predicted molar refractivity (Wildman–Crippen MR) is 161 cm³/mol. The molecule has 0 saturated carbocycles. The van der Waals surface area contributed by atoms with Crippen LogP contribution in [0.5, 0.6) is 0 Å². The summed E-state index contributed by atoms with van der Waals surface area (Å²) < 4.78 is 58.7. The van der Waals surface area contributed by atoms with E-state index in [-0.39, 0.29) is 41.8 Å². The van der Waals surface area contributed by atoms with Crippen LogP contribution in [0.3, 0.4) is 0 Å². The Morgan fingerprint density at radius 1 is 1.09 bits per heavy atom. The van der Waals surface area contributed by atoms with Gasteiger partial charge in [0, 0.05) is 31.9 Å². The van der Waals surface area contributed by atoms with E-state index in [1.165, 1.54) is 19.3 Å². The molecule has 2 aliphatic heterocycles. The first-order chi connectivity index (χ1) is 21.7. The highest BCUT2D eigenvalue weighted by molar-refractivity contribution is 5.91. The van der Waals surface area contributed by atoms with E-state index in [9.17, 15) is 27.6 Å². The Morgan fingerprint density at radius 3 is 2.39 bits per heavy atom. The summed E-state index contributed by atoms with van der Waals surface area (Å²) >= 11 is 0. The summed E-state index contributed by atoms with van der Waals surface area (Å²) in [6, 6.07) is 3.07. The van der Waals surface area contributed by atoms with Crippen LogP contribution in [0.4, 0.5) is 29.3 Å². The number of fused-ring (bicyclic) bond motifs is 1. The monoisotopic (exact) mass is 647 g/mol. The number of nitrogens with one attached hydrogen (secondary N) is 1. The van der Waals surface area contributed by atoms with Crippen molar-refractivity contribution < 1.29 is 37.0 Å². The summed E-state index contributed by atoms with van der Waals surface area (Å²) in [5, 5.41) is 7.08. The topological polar surface area (TPSA) is 133 Å². The maximum absolute atomic E-state index is 14.0. The molecule has 0 bridgehead atoms. The predicted octanol–water partition coefficient (Wildman–Crippen LogP) is 3.82. The van der Waals surface area contributed by atoms with Crippen LogP contribution in [0.15, 0.2) is 29.3 Å². The smallest absolute Gasteiger partial charge is 0.416 e. The van der Waals surface area contributed by atoms with E-state index in [1.54, 1.807) is 30.2 Å². The van der Waals surface area contributed by atoms with Crippen molar-refractivity contribution in [1.29, 1.82) is 0 Å². The van der Waals surface area contributed by atoms with Crippen LogP contribution >= 0.6 is 0 Å². The molecular weight excluding hydrogens is 611 g/mol. The average Bonchev–Trinajstić information content (AvgIpc) is 3.45. The lowest BCUT2D eigenvalue weighted by Crippen LogP contribution is -2.51. The van der Waals surface area contributed by atoms with Crippen LogP contribution in [0.25, 0.3) is 11.5 Å². The highest BCUT2D eigenvalue weighted by Gasteiger charge is 2.32. The summed E-state index contributed by atoms with van der Waals surface area (Å²) in [4.78, 5) is 48.0. The fraction of sp³-hybridized carbons (Fsp3) is 0.500. The average molecular weight is 648 g/mol. The van der Waals surface area contributed by atoms with Crippen molar-refractivity contribution in [2.75, 3.05) is 49.6 Å². The number of hydrogen-bond donors (Lipinski definition) is 1. The molecular formula is C30H36F3N7O6. The van der Waals surface area contributed by atoms with Gasteiger partial charge in [0.05, 0.1) is 11.3 Å². The zero-order valence-electron chi connectivity index (χ0n) is 26.2. The number of aromatic nitrogens is 4. The SMILES string of the molecule is CCc1c(N2CCN(C(=O)OC(C)(C)C)CC2)c(=O)n2nc(C3=COCCO3)nc2n1CC(=O)Nc1ccc(C(F)(F)F)cc1C. The van der Waals surface area contributed by atoms with E-state index >= 15 is 0 Å². The van der Waals surface area contributed by atoms with Gasteiger partial charge < -0.3 is 33.9 Å². The number of ether oxygens (including phenoxy) is 3. The highest BCUT2D eigenvalue weighted by Crippen LogP contribution is 2.32. The molecule has 2 aromatic heterocycles. The normalized spacial score (nSPS) is 15.7. The van der Waals surface area contributed by atoms with Crippen molar-refractivity contribution in [2.45, 2.75) is 59.4 Å². The van der Waals surface area contributed by atoms with Crippen molar-refractivity contribution in [3.05, 3.63) is 57.5 Å². The van der Waals surface area contributed by atoms with Crippen molar-refractivity contribution >= 4 is 34.9 Å². The van der Waals surface area contributed by atoms with E-state index in [0.717, 1.165) is 16.6 Å². The highest BCUT2D eigenvalue weighted by atomic mass is 19.4. The van der Waals surface area contributed by atoms with Gasteiger partial charge >= 0.3 is 12.3 Å². The Kier molecular flexibility index (Phi) is 8.91. The standard InChI is InChI=1S/C30H36F3N7O6/c1-6-21-24(37-9-11-38(12-10-37)28(43)46-29(3,4)5)26(42)40-27(35-25(36-40)22-17-44-13-14-45-22)39(21)16-23(41)34-20-8-7-19(15-18(20)2)30(31,32)33/h7-8,15,17H,6,9-14,16H2,1-5H3,(H,34,41). The lowest BCUT2D eigenvalue weighted by atomic mass is 10.1. The minimum Gasteiger partial charge on any atom is -0.494 e. The Bertz CT molecular complexity index is 1730. The summed E-state index contributed by atoms with van der Waals surface area (Å²) in [7, 11) is 0. The van der Waals surface area contributed by atoms with E-state index in [2.05, 4.69) is 15.4 Å². The molecule has 13 nitrogen and oxygen atoms in total. The zero-order chi connectivity index (χ0) is 33.4.